The number of likely N-dealkylation sites (N-methyl/N-ethyl adjacent to an activating group) is 1. The van der Waals surface area contributed by atoms with E-state index in [0.717, 1.165) is 10.5 Å². The van der Waals surface area contributed by atoms with Crippen molar-refractivity contribution in [3.63, 3.8) is 0 Å². The summed E-state index contributed by atoms with van der Waals surface area (Å²) in [5.74, 6) is -0.637. The van der Waals surface area contributed by atoms with E-state index in [1.807, 2.05) is 30.3 Å². The molecule has 1 aliphatic rings. The van der Waals surface area contributed by atoms with Gasteiger partial charge >= 0.3 is 18.1 Å². The van der Waals surface area contributed by atoms with Crippen molar-refractivity contribution in [1.82, 2.24) is 9.80 Å². The third-order valence-electron chi connectivity index (χ3n) is 3.38. The van der Waals surface area contributed by atoms with Crippen LogP contribution in [-0.4, -0.2) is 53.1 Å². The van der Waals surface area contributed by atoms with Crippen molar-refractivity contribution in [2.75, 3.05) is 13.6 Å². The summed E-state index contributed by atoms with van der Waals surface area (Å²) in [6.45, 7) is 5.23. The summed E-state index contributed by atoms with van der Waals surface area (Å²) in [6, 6.07) is 7.59. The van der Waals surface area contributed by atoms with E-state index >= 15 is 0 Å². The van der Waals surface area contributed by atoms with Gasteiger partial charge in [-0.25, -0.2) is 19.3 Å². The number of rotatable bonds is 3. The van der Waals surface area contributed by atoms with E-state index in [1.54, 1.807) is 20.8 Å². The van der Waals surface area contributed by atoms with E-state index in [-0.39, 0.29) is 13.2 Å². The fourth-order valence-electron chi connectivity index (χ4n) is 2.26. The lowest BCUT2D eigenvalue weighted by atomic mass is 10.2. The van der Waals surface area contributed by atoms with Crippen molar-refractivity contribution >= 4 is 18.1 Å². The number of ether oxygens (including phenoxy) is 2. The zero-order valence-electron chi connectivity index (χ0n) is 14.3. The van der Waals surface area contributed by atoms with Crippen LogP contribution in [0, 0.1) is 0 Å². The molecule has 0 radical (unpaired) electrons. The quantitative estimate of drug-likeness (QED) is 0.793. The number of carbonyl (C=O) groups excluding carboxylic acids is 3. The van der Waals surface area contributed by atoms with Gasteiger partial charge in [-0.2, -0.15) is 0 Å². The summed E-state index contributed by atoms with van der Waals surface area (Å²) in [5, 5.41) is 0. The third-order valence-corrected chi connectivity index (χ3v) is 3.38. The predicted molar refractivity (Wildman–Crippen MR) is 86.1 cm³/mol. The van der Waals surface area contributed by atoms with Gasteiger partial charge in [0.05, 0.1) is 6.54 Å². The molecule has 24 heavy (non-hydrogen) atoms. The highest BCUT2D eigenvalue weighted by molar-refractivity contribution is 5.98. The summed E-state index contributed by atoms with van der Waals surface area (Å²) in [7, 11) is 1.52. The van der Waals surface area contributed by atoms with Gasteiger partial charge in [0.15, 0.2) is 6.04 Å². The van der Waals surface area contributed by atoms with Crippen LogP contribution in [0.2, 0.25) is 0 Å². The first-order valence-electron chi connectivity index (χ1n) is 7.67. The predicted octanol–water partition coefficient (Wildman–Crippen LogP) is 2.40. The molecule has 0 aliphatic carbocycles. The monoisotopic (exact) mass is 334 g/mol. The number of amides is 3. The highest BCUT2D eigenvalue weighted by Gasteiger charge is 2.46. The first-order valence-corrected chi connectivity index (χ1v) is 7.67. The topological polar surface area (TPSA) is 76.2 Å². The maximum absolute atomic E-state index is 12.3. The first kappa shape index (κ1) is 17.8. The zero-order valence-corrected chi connectivity index (χ0v) is 14.3. The maximum atomic E-state index is 12.3. The van der Waals surface area contributed by atoms with Gasteiger partial charge < -0.3 is 14.4 Å². The molecule has 7 nitrogen and oxygen atoms in total. The summed E-state index contributed by atoms with van der Waals surface area (Å²) < 4.78 is 10.5. The molecule has 1 aliphatic heterocycles. The van der Waals surface area contributed by atoms with E-state index in [9.17, 15) is 14.4 Å². The molecule has 130 valence electrons. The number of hydrogen-bond acceptors (Lipinski definition) is 5. The van der Waals surface area contributed by atoms with E-state index in [2.05, 4.69) is 0 Å². The van der Waals surface area contributed by atoms with E-state index in [4.69, 9.17) is 9.47 Å². The average Bonchev–Trinajstić information content (AvgIpc) is 2.80. The third kappa shape index (κ3) is 4.24. The Morgan fingerprint density at radius 2 is 1.83 bits per heavy atom. The Morgan fingerprint density at radius 1 is 1.21 bits per heavy atom. The van der Waals surface area contributed by atoms with E-state index in [0.29, 0.717) is 0 Å². The van der Waals surface area contributed by atoms with Gasteiger partial charge in [0.25, 0.3) is 0 Å². The largest absolute Gasteiger partial charge is 0.459 e. The molecular weight excluding hydrogens is 312 g/mol. The summed E-state index contributed by atoms with van der Waals surface area (Å²) in [5.41, 5.74) is 0.0594. The molecule has 1 aromatic rings. The van der Waals surface area contributed by atoms with Crippen molar-refractivity contribution in [1.29, 1.82) is 0 Å². The smallest absolute Gasteiger partial charge is 0.419 e. The Balaban J connectivity index is 2.07. The highest BCUT2D eigenvalue weighted by Crippen LogP contribution is 2.20. The van der Waals surface area contributed by atoms with Gasteiger partial charge in [-0.15, -0.1) is 0 Å². The Bertz CT molecular complexity index is 624. The van der Waals surface area contributed by atoms with Crippen LogP contribution in [0.3, 0.4) is 0 Å². The van der Waals surface area contributed by atoms with Crippen molar-refractivity contribution in [3.8, 4) is 0 Å². The van der Waals surface area contributed by atoms with Crippen molar-refractivity contribution < 1.29 is 23.9 Å². The highest BCUT2D eigenvalue weighted by atomic mass is 16.6. The van der Waals surface area contributed by atoms with Crippen LogP contribution in [0.25, 0.3) is 0 Å². The van der Waals surface area contributed by atoms with Gasteiger partial charge in [0.1, 0.15) is 12.2 Å². The molecule has 0 saturated carbocycles. The molecule has 1 atom stereocenters. The molecule has 1 saturated heterocycles. The minimum atomic E-state index is -1.01. The fraction of sp³-hybridized carbons (Fsp3) is 0.471. The van der Waals surface area contributed by atoms with Crippen LogP contribution in [-0.2, 0) is 20.9 Å². The fourth-order valence-corrected chi connectivity index (χ4v) is 2.26. The molecule has 1 heterocycles. The number of nitrogens with zero attached hydrogens (tertiary/aromatic N) is 2. The van der Waals surface area contributed by atoms with Crippen LogP contribution in [0.1, 0.15) is 26.3 Å². The van der Waals surface area contributed by atoms with Crippen molar-refractivity contribution in [2.24, 2.45) is 0 Å². The summed E-state index contributed by atoms with van der Waals surface area (Å²) in [6.07, 6.45) is -0.849. The first-order chi connectivity index (χ1) is 11.2. The minimum absolute atomic E-state index is 0.0751. The van der Waals surface area contributed by atoms with Gasteiger partial charge in [-0.1, -0.05) is 30.3 Å². The molecule has 2 rings (SSSR count). The van der Waals surface area contributed by atoms with Gasteiger partial charge in [0.2, 0.25) is 0 Å². The number of hydrogen-bond donors (Lipinski definition) is 0. The average molecular weight is 334 g/mol. The zero-order chi connectivity index (χ0) is 17.9. The molecule has 1 fully saturated rings. The molecule has 0 aromatic heterocycles. The number of esters is 1. The van der Waals surface area contributed by atoms with Gasteiger partial charge in [-0.3, -0.25) is 0 Å². The number of imide groups is 1. The van der Waals surface area contributed by atoms with Crippen LogP contribution in [0.5, 0.6) is 0 Å². The molecule has 3 amide bonds. The summed E-state index contributed by atoms with van der Waals surface area (Å²) in [4.78, 5) is 38.9. The molecule has 0 spiro atoms. The molecular formula is C17H22N2O5. The molecule has 0 N–H and O–H groups in total. The van der Waals surface area contributed by atoms with Crippen LogP contribution >= 0.6 is 0 Å². The normalized spacial score (nSPS) is 17.8. The second-order valence-electron chi connectivity index (χ2n) is 6.62. The van der Waals surface area contributed by atoms with Crippen molar-refractivity contribution in [3.05, 3.63) is 35.9 Å². The van der Waals surface area contributed by atoms with Crippen LogP contribution in [0.4, 0.5) is 9.59 Å². The lowest BCUT2D eigenvalue weighted by Gasteiger charge is -2.25. The number of carbonyl (C=O) groups is 3. The molecule has 0 bridgehead atoms. The number of urea groups is 1. The number of benzene rings is 1. The minimum Gasteiger partial charge on any atom is -0.459 e. The maximum Gasteiger partial charge on any atom is 0.419 e. The Morgan fingerprint density at radius 3 is 2.42 bits per heavy atom. The van der Waals surface area contributed by atoms with Crippen molar-refractivity contribution in [2.45, 2.75) is 39.0 Å². The van der Waals surface area contributed by atoms with Crippen LogP contribution in [0.15, 0.2) is 30.3 Å². The van der Waals surface area contributed by atoms with E-state index in [1.165, 1.54) is 11.9 Å². The Hall–Kier alpha value is -2.57. The van der Waals surface area contributed by atoms with E-state index < -0.39 is 29.7 Å². The summed E-state index contributed by atoms with van der Waals surface area (Å²) >= 11 is 0. The molecule has 1 unspecified atom stereocenters. The molecule has 7 heteroatoms. The second-order valence-corrected chi connectivity index (χ2v) is 6.62. The Kier molecular flexibility index (Phi) is 5.11. The van der Waals surface area contributed by atoms with Crippen LogP contribution < -0.4 is 0 Å². The van der Waals surface area contributed by atoms with Gasteiger partial charge in [-0.05, 0) is 26.3 Å². The van der Waals surface area contributed by atoms with Gasteiger partial charge in [0, 0.05) is 7.05 Å². The SMILES string of the molecule is CN1CC(C(=O)OCc2ccccc2)N(C(=O)OC(C)(C)C)C1=O. The Labute approximate surface area is 141 Å². The lowest BCUT2D eigenvalue weighted by molar-refractivity contribution is -0.149. The molecule has 1 aromatic carbocycles. The standard InChI is InChI=1S/C17H22N2O5/c1-17(2,3)24-16(22)19-13(10-18(4)15(19)21)14(20)23-11-12-8-6-5-7-9-12/h5-9,13H,10-11H2,1-4H3. The lowest BCUT2D eigenvalue weighted by Crippen LogP contribution is -2.46. The second kappa shape index (κ2) is 6.90.